The monoisotopic (exact) mass is 547 g/mol. The molecule has 0 bridgehead atoms. The first kappa shape index (κ1) is 29.0. The molecule has 5 aromatic rings. The first-order valence-electron chi connectivity index (χ1n) is 12.8. The fraction of sp³-hybridized carbons (Fsp3) is 0.233. The average Bonchev–Trinajstić information content (AvgIpc) is 3.38. The molecule has 3 heterocycles. The first-order chi connectivity index (χ1) is 18.5. The molecule has 2 aromatic carbocycles. The molecule has 0 amide bonds. The van der Waals surface area contributed by atoms with E-state index < -0.39 is 5.76 Å². The molecule has 5 rings (SSSR count). The third-order valence-corrected chi connectivity index (χ3v) is 6.62. The maximum atomic E-state index is 13.7. The molecule has 8 nitrogen and oxygen atoms in total. The van der Waals surface area contributed by atoms with Gasteiger partial charge in [0.2, 0.25) is 0 Å². The second kappa shape index (κ2) is 13.4. The van der Waals surface area contributed by atoms with Crippen LogP contribution in [0.25, 0.3) is 22.5 Å². The van der Waals surface area contributed by atoms with E-state index in [0.717, 1.165) is 58.5 Å². The fourth-order valence-corrected chi connectivity index (χ4v) is 4.62. The topological polar surface area (TPSA) is 107 Å². The Morgan fingerprint density at radius 2 is 1.69 bits per heavy atom. The van der Waals surface area contributed by atoms with Crippen LogP contribution in [0.5, 0.6) is 0 Å². The molecule has 0 atom stereocenters. The molecular formula is C30H30KN5O3. The zero-order chi connectivity index (χ0) is 26.5. The molecule has 0 aliphatic carbocycles. The quantitative estimate of drug-likeness (QED) is 0.276. The zero-order valence-electron chi connectivity index (χ0n) is 21.5. The number of H-pyrrole nitrogens is 1. The molecule has 3 aromatic heterocycles. The van der Waals surface area contributed by atoms with Crippen LogP contribution < -0.4 is 11.3 Å². The Labute approximate surface area is 269 Å². The summed E-state index contributed by atoms with van der Waals surface area (Å²) in [6.45, 7) is 4.41. The van der Waals surface area contributed by atoms with Crippen molar-refractivity contribution in [3.8, 4) is 22.5 Å². The summed E-state index contributed by atoms with van der Waals surface area (Å²) in [6.07, 6.45) is 5.00. The molecule has 0 unspecified atom stereocenters. The van der Waals surface area contributed by atoms with Crippen molar-refractivity contribution in [3.05, 3.63) is 122 Å². The summed E-state index contributed by atoms with van der Waals surface area (Å²) >= 11 is 0. The van der Waals surface area contributed by atoms with Crippen LogP contribution in [0.15, 0.2) is 87.0 Å². The number of aromatic amines is 1. The van der Waals surface area contributed by atoms with Gasteiger partial charge in [-0.3, -0.25) is 23.9 Å². The second-order valence-corrected chi connectivity index (χ2v) is 9.26. The number of unbranched alkanes of at least 4 members (excludes halogenated alkanes) is 1. The molecule has 0 saturated heterocycles. The molecule has 0 aliphatic heterocycles. The molecule has 194 valence electrons. The van der Waals surface area contributed by atoms with Crippen molar-refractivity contribution >= 4 is 51.4 Å². The van der Waals surface area contributed by atoms with Gasteiger partial charge in [-0.05, 0) is 48.6 Å². The van der Waals surface area contributed by atoms with Crippen molar-refractivity contribution in [2.75, 3.05) is 0 Å². The van der Waals surface area contributed by atoms with Gasteiger partial charge in [-0.15, -0.1) is 0 Å². The van der Waals surface area contributed by atoms with Crippen LogP contribution in [0, 0.1) is 6.92 Å². The van der Waals surface area contributed by atoms with Crippen LogP contribution in [0.2, 0.25) is 0 Å². The van der Waals surface area contributed by atoms with Gasteiger partial charge in [-0.2, -0.15) is 0 Å². The number of rotatable bonds is 9. The number of hydrogen-bond acceptors (Lipinski definition) is 6. The Kier molecular flexibility index (Phi) is 9.98. The zero-order valence-corrected chi connectivity index (χ0v) is 21.5. The molecule has 0 spiro atoms. The Morgan fingerprint density at radius 1 is 0.949 bits per heavy atom. The SMILES string of the molecule is CCCCc1nc(C)n(Cc2ccccn2)c(=O)c1Cc1ccc(-c2ccccc2-c2noc(=O)[nH]2)cc1.[KH]. The minimum atomic E-state index is -0.593. The van der Waals surface area contributed by atoms with Crippen molar-refractivity contribution in [3.63, 3.8) is 0 Å². The van der Waals surface area contributed by atoms with Gasteiger partial charge in [-0.25, -0.2) is 9.78 Å². The normalized spacial score (nSPS) is 10.8. The van der Waals surface area contributed by atoms with Gasteiger partial charge in [0, 0.05) is 23.7 Å². The number of hydrogen-bond donors (Lipinski definition) is 1. The predicted octanol–water partition coefficient (Wildman–Crippen LogP) is 4.29. The fourth-order valence-electron chi connectivity index (χ4n) is 4.62. The van der Waals surface area contributed by atoms with Gasteiger partial charge < -0.3 is 0 Å². The molecular weight excluding hydrogens is 517 g/mol. The number of nitrogens with one attached hydrogen (secondary N) is 1. The molecule has 0 saturated carbocycles. The van der Waals surface area contributed by atoms with Crippen LogP contribution in [0.4, 0.5) is 0 Å². The number of nitrogens with zero attached hydrogens (tertiary/aromatic N) is 4. The second-order valence-electron chi connectivity index (χ2n) is 9.26. The van der Waals surface area contributed by atoms with Crippen LogP contribution in [-0.4, -0.2) is 76.1 Å². The molecule has 0 fully saturated rings. The summed E-state index contributed by atoms with van der Waals surface area (Å²) < 4.78 is 6.42. The standard InChI is InChI=1S/C30H29N5O3.K.H/c1-3-4-12-27-26(29(36)35(20(2)32-27)19-23-9-7-8-17-31-23)18-21-13-15-22(16-14-21)24-10-5-6-11-25(24)28-33-30(37)38-34-28;;/h5-11,13-17H,3-4,12,18-19H2,1-2H3,(H,33,34,37);;. The minimum absolute atomic E-state index is 0. The van der Waals surface area contributed by atoms with E-state index in [1.165, 1.54) is 0 Å². The Balaban J connectivity index is 0.00000353. The molecule has 1 N–H and O–H groups in total. The van der Waals surface area contributed by atoms with E-state index in [4.69, 9.17) is 9.51 Å². The number of aryl methyl sites for hydroxylation is 2. The molecule has 0 aliphatic rings. The van der Waals surface area contributed by atoms with Crippen molar-refractivity contribution in [1.82, 2.24) is 24.7 Å². The van der Waals surface area contributed by atoms with Crippen molar-refractivity contribution < 1.29 is 4.52 Å². The molecule has 39 heavy (non-hydrogen) atoms. The van der Waals surface area contributed by atoms with E-state index >= 15 is 0 Å². The van der Waals surface area contributed by atoms with E-state index in [1.54, 1.807) is 10.8 Å². The van der Waals surface area contributed by atoms with E-state index in [2.05, 4.69) is 22.0 Å². The Bertz CT molecular complexity index is 1660. The summed E-state index contributed by atoms with van der Waals surface area (Å²) in [5, 5.41) is 3.84. The number of benzene rings is 2. The van der Waals surface area contributed by atoms with Crippen LogP contribution in [-0.2, 0) is 19.4 Å². The predicted molar refractivity (Wildman–Crippen MR) is 153 cm³/mol. The Hall–Kier alpha value is -2.95. The average molecular weight is 548 g/mol. The summed E-state index contributed by atoms with van der Waals surface area (Å²) in [4.78, 5) is 37.1. The van der Waals surface area contributed by atoms with E-state index in [-0.39, 0.29) is 56.9 Å². The first-order valence-corrected chi connectivity index (χ1v) is 12.8. The Morgan fingerprint density at radius 3 is 2.36 bits per heavy atom. The molecule has 9 heteroatoms. The number of aromatic nitrogens is 5. The maximum absolute atomic E-state index is 13.7. The van der Waals surface area contributed by atoms with Gasteiger partial charge in [0.15, 0.2) is 5.82 Å². The summed E-state index contributed by atoms with van der Waals surface area (Å²) in [5.41, 5.74) is 6.08. The van der Waals surface area contributed by atoms with E-state index in [9.17, 15) is 9.59 Å². The van der Waals surface area contributed by atoms with Gasteiger partial charge in [0.1, 0.15) is 5.82 Å². The van der Waals surface area contributed by atoms with E-state index in [1.807, 2.05) is 73.7 Å². The van der Waals surface area contributed by atoms with Crippen LogP contribution in [0.3, 0.4) is 0 Å². The van der Waals surface area contributed by atoms with Gasteiger partial charge >= 0.3 is 57.1 Å². The van der Waals surface area contributed by atoms with Gasteiger partial charge in [-0.1, -0.05) is 73.1 Å². The van der Waals surface area contributed by atoms with Gasteiger partial charge in [0.25, 0.3) is 5.56 Å². The van der Waals surface area contributed by atoms with Crippen LogP contribution in [0.1, 0.15) is 48.1 Å². The van der Waals surface area contributed by atoms with E-state index in [0.29, 0.717) is 24.6 Å². The number of pyridine rings is 1. The van der Waals surface area contributed by atoms with Crippen molar-refractivity contribution in [2.45, 2.75) is 46.1 Å². The summed E-state index contributed by atoms with van der Waals surface area (Å²) in [6, 6.07) is 21.5. The van der Waals surface area contributed by atoms with Crippen molar-refractivity contribution in [1.29, 1.82) is 0 Å². The summed E-state index contributed by atoms with van der Waals surface area (Å²) in [7, 11) is 0. The molecule has 0 radical (unpaired) electrons. The third kappa shape index (κ3) is 6.80. The van der Waals surface area contributed by atoms with Gasteiger partial charge in [0.05, 0.1) is 17.9 Å². The van der Waals surface area contributed by atoms with Crippen molar-refractivity contribution in [2.24, 2.45) is 0 Å². The van der Waals surface area contributed by atoms with Crippen LogP contribution >= 0.6 is 0 Å². The third-order valence-electron chi connectivity index (χ3n) is 6.62. The summed E-state index contributed by atoms with van der Waals surface area (Å²) in [5.74, 6) is 0.493.